The Kier molecular flexibility index (Phi) is 9.14. The minimum atomic E-state index is -1.82. The summed E-state index contributed by atoms with van der Waals surface area (Å²) in [6.45, 7) is 2.59. The van der Waals surface area contributed by atoms with Gasteiger partial charge in [0.2, 0.25) is 0 Å². The van der Waals surface area contributed by atoms with Crippen molar-refractivity contribution in [2.24, 2.45) is 0 Å². The van der Waals surface area contributed by atoms with E-state index >= 15 is 0 Å². The van der Waals surface area contributed by atoms with Crippen LogP contribution in [0.5, 0.6) is 34.5 Å². The summed E-state index contributed by atoms with van der Waals surface area (Å²) in [6, 6.07) is 6.28. The number of phenols is 6. The molecule has 0 saturated heterocycles. The van der Waals surface area contributed by atoms with Crippen LogP contribution in [0.2, 0.25) is 0 Å². The molecule has 0 saturated carbocycles. The van der Waals surface area contributed by atoms with E-state index in [9.17, 15) is 50.1 Å². The molecule has 0 bridgehead atoms. The molecule has 0 aliphatic carbocycles. The molecule has 41 heavy (non-hydrogen) atoms. The van der Waals surface area contributed by atoms with Crippen molar-refractivity contribution in [2.75, 3.05) is 13.2 Å². The molecule has 0 spiro atoms. The third-order valence-electron chi connectivity index (χ3n) is 5.96. The zero-order valence-electron chi connectivity index (χ0n) is 22.1. The van der Waals surface area contributed by atoms with Gasteiger partial charge in [0.05, 0.1) is 0 Å². The number of ether oxygens (including phenoxy) is 3. The lowest BCUT2D eigenvalue weighted by atomic mass is 10.1. The maximum absolute atomic E-state index is 12.9. The zero-order chi connectivity index (χ0) is 30.6. The van der Waals surface area contributed by atoms with Crippen molar-refractivity contribution in [1.82, 2.24) is 0 Å². The van der Waals surface area contributed by atoms with E-state index in [0.717, 1.165) is 18.2 Å². The highest BCUT2D eigenvalue weighted by Gasteiger charge is 2.31. The first-order valence-corrected chi connectivity index (χ1v) is 12.0. The molecule has 0 radical (unpaired) electrons. The van der Waals surface area contributed by atoms with Crippen molar-refractivity contribution >= 4 is 17.9 Å². The van der Waals surface area contributed by atoms with Gasteiger partial charge < -0.3 is 50.0 Å². The van der Waals surface area contributed by atoms with Crippen molar-refractivity contribution in [1.29, 1.82) is 0 Å². The van der Waals surface area contributed by atoms with Crippen LogP contribution in [0.15, 0.2) is 36.4 Å². The summed E-state index contributed by atoms with van der Waals surface area (Å²) in [5.74, 6) is -6.10. The number of carbonyl (C=O) groups is 3. The summed E-state index contributed by atoms with van der Waals surface area (Å²) in [5, 5.41) is 69.8. The van der Waals surface area contributed by atoms with E-state index in [-0.39, 0.29) is 50.6 Å². The van der Waals surface area contributed by atoms with Crippen LogP contribution in [0.4, 0.5) is 0 Å². The Labute approximate surface area is 233 Å². The van der Waals surface area contributed by atoms with E-state index in [1.54, 1.807) is 0 Å². The molecular formula is C28H28O13. The largest absolute Gasteiger partial charge is 0.508 e. The monoisotopic (exact) mass is 572 g/mol. The first-order valence-electron chi connectivity index (χ1n) is 12.0. The molecule has 3 rings (SSSR count). The number of carbonyl (C=O) groups excluding carboxylic acids is 3. The lowest BCUT2D eigenvalue weighted by Crippen LogP contribution is -2.39. The van der Waals surface area contributed by atoms with Crippen LogP contribution in [-0.2, 0) is 14.2 Å². The molecule has 0 aliphatic heterocycles. The van der Waals surface area contributed by atoms with E-state index in [1.807, 2.05) is 0 Å². The lowest BCUT2D eigenvalue weighted by Gasteiger charge is -2.24. The van der Waals surface area contributed by atoms with Crippen LogP contribution < -0.4 is 0 Å². The molecule has 0 heterocycles. The van der Waals surface area contributed by atoms with Crippen LogP contribution in [-0.4, -0.2) is 79.1 Å². The van der Waals surface area contributed by atoms with Crippen LogP contribution in [0.25, 0.3) is 0 Å². The second-order valence-corrected chi connectivity index (χ2v) is 9.18. The molecule has 0 aliphatic rings. The molecule has 13 nitrogen and oxygen atoms in total. The van der Waals surface area contributed by atoms with Crippen molar-refractivity contribution in [3.63, 3.8) is 0 Å². The van der Waals surface area contributed by atoms with E-state index in [4.69, 9.17) is 14.2 Å². The molecule has 0 unspecified atom stereocenters. The van der Waals surface area contributed by atoms with Crippen molar-refractivity contribution < 1.29 is 64.3 Å². The van der Waals surface area contributed by atoms with Gasteiger partial charge in [-0.1, -0.05) is 0 Å². The summed E-state index contributed by atoms with van der Waals surface area (Å²) in [5.41, 5.74) is -0.519. The summed E-state index contributed by atoms with van der Waals surface area (Å²) in [4.78, 5) is 38.2. The quantitative estimate of drug-likeness (QED) is 0.145. The average molecular weight is 573 g/mol. The molecule has 2 atom stereocenters. The Morgan fingerprint density at radius 3 is 1.29 bits per heavy atom. The Morgan fingerprint density at radius 1 is 0.585 bits per heavy atom. The van der Waals surface area contributed by atoms with Crippen LogP contribution in [0, 0.1) is 20.8 Å². The first kappa shape index (κ1) is 30.4. The van der Waals surface area contributed by atoms with Gasteiger partial charge in [0.25, 0.3) is 0 Å². The number of aliphatic hydroxyl groups excluding tert-OH is 1. The molecule has 13 heteroatoms. The number of phenolic OH excluding ortho intramolecular Hbond substituents is 6. The number of benzene rings is 3. The first-order chi connectivity index (χ1) is 19.2. The Bertz CT molecular complexity index is 1430. The topological polar surface area (TPSA) is 221 Å². The van der Waals surface area contributed by atoms with Gasteiger partial charge in [-0.05, 0) is 55.7 Å². The highest BCUT2D eigenvalue weighted by atomic mass is 16.6. The Hall–Kier alpha value is -5.17. The van der Waals surface area contributed by atoms with E-state index in [0.29, 0.717) is 0 Å². The van der Waals surface area contributed by atoms with Gasteiger partial charge in [0.15, 0.2) is 6.10 Å². The Balaban J connectivity index is 1.82. The van der Waals surface area contributed by atoms with Gasteiger partial charge in [-0.3, -0.25) is 0 Å². The van der Waals surface area contributed by atoms with Gasteiger partial charge >= 0.3 is 17.9 Å². The predicted octanol–water partition coefficient (Wildman–Crippen LogP) is 2.45. The van der Waals surface area contributed by atoms with E-state index in [1.165, 1.54) is 39.0 Å². The molecule has 3 aromatic carbocycles. The molecule has 0 amide bonds. The number of aryl methyl sites for hydroxylation is 3. The fourth-order valence-corrected chi connectivity index (χ4v) is 4.04. The highest BCUT2D eigenvalue weighted by Crippen LogP contribution is 2.30. The SMILES string of the molecule is Cc1cc(O)cc(O)c1C(=O)OC[C@H](O)[C@@H](COC(=O)c1c(C)cc(O)cc1O)OC(=O)c1c(C)cc(O)cc1O. The second-order valence-electron chi connectivity index (χ2n) is 9.18. The van der Waals surface area contributed by atoms with Crippen molar-refractivity contribution in [3.05, 3.63) is 69.8 Å². The molecule has 0 aromatic heterocycles. The van der Waals surface area contributed by atoms with Crippen molar-refractivity contribution in [2.45, 2.75) is 33.0 Å². The smallest absolute Gasteiger partial charge is 0.342 e. The van der Waals surface area contributed by atoms with Gasteiger partial charge in [0.1, 0.15) is 70.5 Å². The number of rotatable bonds is 9. The number of aliphatic hydroxyl groups is 1. The summed E-state index contributed by atoms with van der Waals surface area (Å²) >= 11 is 0. The third-order valence-corrected chi connectivity index (χ3v) is 5.96. The standard InChI is InChI=1S/C28H28O13/c1-12-4-15(29)7-18(32)23(12)26(36)39-10-21(35)22(41-28(38)25-14(3)6-17(31)9-20(25)34)11-40-27(37)24-13(2)5-16(30)8-19(24)33/h4-9,21-22,29-35H,10-11H2,1-3H3/t21-,22+/m0/s1. The van der Waals surface area contributed by atoms with Gasteiger partial charge in [0, 0.05) is 18.2 Å². The number of hydrogen-bond acceptors (Lipinski definition) is 13. The fraction of sp³-hybridized carbons (Fsp3) is 0.250. The number of hydrogen-bond donors (Lipinski definition) is 7. The summed E-state index contributed by atoms with van der Waals surface area (Å²) in [7, 11) is 0. The molecule has 218 valence electrons. The summed E-state index contributed by atoms with van der Waals surface area (Å²) in [6.07, 6.45) is -3.51. The predicted molar refractivity (Wildman–Crippen MR) is 139 cm³/mol. The van der Waals surface area contributed by atoms with Gasteiger partial charge in [-0.25, -0.2) is 14.4 Å². The molecule has 0 fully saturated rings. The van der Waals surface area contributed by atoms with E-state index < -0.39 is 60.6 Å². The summed E-state index contributed by atoms with van der Waals surface area (Å²) < 4.78 is 15.5. The maximum Gasteiger partial charge on any atom is 0.342 e. The molecular weight excluding hydrogens is 544 g/mol. The van der Waals surface area contributed by atoms with Crippen LogP contribution >= 0.6 is 0 Å². The van der Waals surface area contributed by atoms with Crippen LogP contribution in [0.3, 0.4) is 0 Å². The minimum absolute atomic E-state index is 0.118. The normalized spacial score (nSPS) is 12.3. The van der Waals surface area contributed by atoms with Crippen molar-refractivity contribution in [3.8, 4) is 34.5 Å². The van der Waals surface area contributed by atoms with Gasteiger partial charge in [-0.15, -0.1) is 0 Å². The zero-order valence-corrected chi connectivity index (χ0v) is 22.1. The maximum atomic E-state index is 12.9. The second kappa shape index (κ2) is 12.3. The van der Waals surface area contributed by atoms with E-state index in [2.05, 4.69) is 0 Å². The van der Waals surface area contributed by atoms with Gasteiger partial charge in [-0.2, -0.15) is 0 Å². The lowest BCUT2D eigenvalue weighted by molar-refractivity contribution is -0.0659. The minimum Gasteiger partial charge on any atom is -0.508 e. The van der Waals surface area contributed by atoms with Crippen LogP contribution in [0.1, 0.15) is 47.8 Å². The molecule has 3 aromatic rings. The number of aromatic hydroxyl groups is 6. The Morgan fingerprint density at radius 2 is 0.927 bits per heavy atom. The fourth-order valence-electron chi connectivity index (χ4n) is 4.04. The third kappa shape index (κ3) is 7.08. The highest BCUT2D eigenvalue weighted by molar-refractivity contribution is 5.96. The average Bonchev–Trinajstić information content (AvgIpc) is 2.83. The molecule has 7 N–H and O–H groups in total. The number of esters is 3.